The van der Waals surface area contributed by atoms with E-state index < -0.39 is 5.92 Å². The Balaban J connectivity index is 1.25. The molecule has 1 amide bonds. The summed E-state index contributed by atoms with van der Waals surface area (Å²) >= 11 is 3.60. The number of hydrogen-bond acceptors (Lipinski definition) is 3. The molecule has 5 heteroatoms. The smallest absolute Gasteiger partial charge is 0.252 e. The number of fused-ring (bicyclic) bond motifs is 1. The Morgan fingerprint density at radius 3 is 2.16 bits per heavy atom. The molecule has 5 rings (SSSR count). The number of halogens is 1. The molecule has 4 nitrogen and oxygen atoms in total. The zero-order chi connectivity index (χ0) is 25.5. The van der Waals surface area contributed by atoms with Crippen LogP contribution in [0.15, 0.2) is 131 Å². The Hall–Kier alpha value is -4.22. The lowest BCUT2D eigenvalue weighted by Gasteiger charge is -2.16. The highest BCUT2D eigenvalue weighted by Gasteiger charge is 2.22. The quantitative estimate of drug-likeness (QED) is 0.161. The molecule has 0 unspecified atom stereocenters. The number of carbonyl (C=O) groups is 1. The molecular weight excluding hydrogens is 524 g/mol. The lowest BCUT2D eigenvalue weighted by molar-refractivity contribution is -0.121. The Morgan fingerprint density at radius 1 is 0.811 bits per heavy atom. The van der Waals surface area contributed by atoms with E-state index in [0.29, 0.717) is 6.61 Å². The Morgan fingerprint density at radius 2 is 1.46 bits per heavy atom. The Kier molecular flexibility index (Phi) is 7.72. The van der Waals surface area contributed by atoms with Gasteiger partial charge in [0, 0.05) is 0 Å². The van der Waals surface area contributed by atoms with E-state index in [1.165, 1.54) is 10.8 Å². The topological polar surface area (TPSA) is 50.7 Å². The summed E-state index contributed by atoms with van der Waals surface area (Å²) < 4.78 is 6.91. The van der Waals surface area contributed by atoms with Gasteiger partial charge in [-0.05, 0) is 67.2 Å². The van der Waals surface area contributed by atoms with Gasteiger partial charge in [-0.2, -0.15) is 5.10 Å². The van der Waals surface area contributed by atoms with Gasteiger partial charge in [-0.15, -0.1) is 0 Å². The largest absolute Gasteiger partial charge is 0.488 e. The number of amides is 1. The van der Waals surface area contributed by atoms with Crippen LogP contribution >= 0.6 is 15.9 Å². The van der Waals surface area contributed by atoms with E-state index in [4.69, 9.17) is 4.74 Å². The lowest BCUT2D eigenvalue weighted by atomic mass is 9.91. The third-order valence-corrected chi connectivity index (χ3v) is 6.76. The molecule has 0 heterocycles. The molecule has 0 aromatic heterocycles. The molecule has 0 atom stereocenters. The second kappa shape index (κ2) is 11.7. The fourth-order valence-corrected chi connectivity index (χ4v) is 4.82. The van der Waals surface area contributed by atoms with Crippen molar-refractivity contribution < 1.29 is 9.53 Å². The van der Waals surface area contributed by atoms with Crippen LogP contribution in [0, 0.1) is 0 Å². The van der Waals surface area contributed by atoms with Crippen LogP contribution in [0.2, 0.25) is 0 Å². The summed E-state index contributed by atoms with van der Waals surface area (Å²) in [5.74, 6) is 0.0984. The average Bonchev–Trinajstić information content (AvgIpc) is 2.94. The van der Waals surface area contributed by atoms with Crippen LogP contribution in [0.4, 0.5) is 0 Å². The number of nitrogens with zero attached hydrogens (tertiary/aromatic N) is 1. The van der Waals surface area contributed by atoms with Gasteiger partial charge in [0.25, 0.3) is 5.91 Å². The molecule has 182 valence electrons. The summed E-state index contributed by atoms with van der Waals surface area (Å²) in [6.07, 6.45) is 1.63. The molecule has 1 N–H and O–H groups in total. The third-order valence-electron chi connectivity index (χ3n) is 6.14. The maximum absolute atomic E-state index is 13.1. The maximum atomic E-state index is 13.1. The van der Waals surface area contributed by atoms with Crippen LogP contribution in [0.3, 0.4) is 0 Å². The lowest BCUT2D eigenvalue weighted by Crippen LogP contribution is -2.26. The summed E-state index contributed by atoms with van der Waals surface area (Å²) in [4.78, 5) is 13.1. The number of ether oxygens (including phenoxy) is 1. The van der Waals surface area contributed by atoms with Crippen LogP contribution in [0.25, 0.3) is 10.8 Å². The second-order valence-corrected chi connectivity index (χ2v) is 9.46. The minimum atomic E-state index is -0.448. The maximum Gasteiger partial charge on any atom is 0.252 e. The molecule has 0 saturated carbocycles. The van der Waals surface area contributed by atoms with E-state index in [1.807, 2.05) is 97.1 Å². The Labute approximate surface area is 224 Å². The molecule has 5 aromatic rings. The van der Waals surface area contributed by atoms with Gasteiger partial charge in [-0.3, -0.25) is 4.79 Å². The van der Waals surface area contributed by atoms with Crippen LogP contribution < -0.4 is 10.2 Å². The van der Waals surface area contributed by atoms with E-state index >= 15 is 0 Å². The van der Waals surface area contributed by atoms with E-state index in [-0.39, 0.29) is 5.91 Å². The van der Waals surface area contributed by atoms with E-state index in [2.05, 4.69) is 50.7 Å². The second-order valence-electron chi connectivity index (χ2n) is 8.61. The normalized spacial score (nSPS) is 11.2. The van der Waals surface area contributed by atoms with Crippen molar-refractivity contribution in [2.45, 2.75) is 12.5 Å². The van der Waals surface area contributed by atoms with Gasteiger partial charge >= 0.3 is 0 Å². The molecule has 0 aliphatic carbocycles. The Bertz CT molecular complexity index is 1490. The first-order valence-electron chi connectivity index (χ1n) is 12.0. The van der Waals surface area contributed by atoms with Crippen LogP contribution in [-0.4, -0.2) is 12.1 Å². The third kappa shape index (κ3) is 5.96. The molecule has 5 aromatic carbocycles. The number of carbonyl (C=O) groups excluding carboxylic acids is 1. The van der Waals surface area contributed by atoms with E-state index in [9.17, 15) is 4.79 Å². The molecule has 0 aliphatic heterocycles. The summed E-state index contributed by atoms with van der Waals surface area (Å²) in [5, 5.41) is 6.60. The highest BCUT2D eigenvalue weighted by molar-refractivity contribution is 9.10. The first-order valence-corrected chi connectivity index (χ1v) is 12.8. The molecule has 0 fully saturated rings. The minimum absolute atomic E-state index is 0.192. The van der Waals surface area contributed by atoms with Crippen molar-refractivity contribution in [1.82, 2.24) is 5.43 Å². The van der Waals surface area contributed by atoms with Gasteiger partial charge < -0.3 is 4.74 Å². The molecule has 0 aliphatic rings. The van der Waals surface area contributed by atoms with Gasteiger partial charge in [-0.25, -0.2) is 5.43 Å². The predicted octanol–water partition coefficient (Wildman–Crippen LogP) is 7.46. The van der Waals surface area contributed by atoms with Gasteiger partial charge in [0.15, 0.2) is 0 Å². The van der Waals surface area contributed by atoms with Gasteiger partial charge in [-0.1, -0.05) is 103 Å². The van der Waals surface area contributed by atoms with E-state index in [0.717, 1.165) is 32.5 Å². The van der Waals surface area contributed by atoms with Crippen LogP contribution in [0.5, 0.6) is 5.75 Å². The van der Waals surface area contributed by atoms with Gasteiger partial charge in [0.1, 0.15) is 12.4 Å². The van der Waals surface area contributed by atoms with Crippen molar-refractivity contribution in [3.05, 3.63) is 148 Å². The number of nitrogens with one attached hydrogen (secondary N) is 1. The number of hydrazone groups is 1. The first kappa shape index (κ1) is 24.5. The van der Waals surface area contributed by atoms with Crippen molar-refractivity contribution in [1.29, 1.82) is 0 Å². The standard InChI is InChI=1S/C32H25BrN2O2/c33-29-20-23(18-19-30(29)37-22-27-16-9-15-24-10-7-8-17-28(24)27)21-34-35-32(36)31(25-11-3-1-4-12-25)26-13-5-2-6-14-26/h1-21,31H,22H2,(H,35,36)/b34-21+. The fourth-order valence-electron chi connectivity index (χ4n) is 4.31. The summed E-state index contributed by atoms with van der Waals surface area (Å²) in [5.41, 5.74) is 6.50. The molecule has 0 bridgehead atoms. The fraction of sp³-hybridized carbons (Fsp3) is 0.0625. The molecule has 0 radical (unpaired) electrons. The SMILES string of the molecule is O=C(N/N=C/c1ccc(OCc2cccc3ccccc23)c(Br)c1)C(c1ccccc1)c1ccccc1. The van der Waals surface area contributed by atoms with Crippen molar-refractivity contribution in [2.24, 2.45) is 5.10 Å². The molecule has 0 saturated heterocycles. The number of hydrogen-bond donors (Lipinski definition) is 1. The minimum Gasteiger partial charge on any atom is -0.488 e. The molecule has 0 spiro atoms. The van der Waals surface area contributed by atoms with Crippen molar-refractivity contribution in [3.8, 4) is 5.75 Å². The summed E-state index contributed by atoms with van der Waals surface area (Å²) in [6, 6.07) is 39.7. The highest BCUT2D eigenvalue weighted by Crippen LogP contribution is 2.28. The zero-order valence-corrected chi connectivity index (χ0v) is 21.6. The number of benzene rings is 5. The van der Waals surface area contributed by atoms with Crippen LogP contribution in [0.1, 0.15) is 28.2 Å². The average molecular weight is 549 g/mol. The molecular formula is C32H25BrN2O2. The molecule has 37 heavy (non-hydrogen) atoms. The first-order chi connectivity index (χ1) is 18.2. The summed E-state index contributed by atoms with van der Waals surface area (Å²) in [6.45, 7) is 0.462. The zero-order valence-electron chi connectivity index (χ0n) is 20.1. The number of rotatable bonds is 8. The highest BCUT2D eigenvalue weighted by atomic mass is 79.9. The van der Waals surface area contributed by atoms with Gasteiger partial charge in [0.2, 0.25) is 0 Å². The van der Waals surface area contributed by atoms with Crippen molar-refractivity contribution >= 4 is 38.8 Å². The van der Waals surface area contributed by atoms with Crippen molar-refractivity contribution in [2.75, 3.05) is 0 Å². The summed E-state index contributed by atoms with van der Waals surface area (Å²) in [7, 11) is 0. The monoisotopic (exact) mass is 548 g/mol. The van der Waals surface area contributed by atoms with Crippen molar-refractivity contribution in [3.63, 3.8) is 0 Å². The van der Waals surface area contributed by atoms with Crippen LogP contribution in [-0.2, 0) is 11.4 Å². The predicted molar refractivity (Wildman–Crippen MR) is 153 cm³/mol. The van der Waals surface area contributed by atoms with E-state index in [1.54, 1.807) is 6.21 Å². The van der Waals surface area contributed by atoms with Gasteiger partial charge in [0.05, 0.1) is 16.6 Å².